The van der Waals surface area contributed by atoms with Crippen molar-refractivity contribution in [3.8, 4) is 11.1 Å². The zero-order valence-corrected chi connectivity index (χ0v) is 18.0. The summed E-state index contributed by atoms with van der Waals surface area (Å²) in [5.74, 6) is -0.309. The normalized spacial score (nSPS) is 10.7. The molecule has 2 aromatic heterocycles. The van der Waals surface area contributed by atoms with E-state index in [9.17, 15) is 13.2 Å². The van der Waals surface area contributed by atoms with Gasteiger partial charge >= 0.3 is 0 Å². The molecule has 3 aromatic rings. The van der Waals surface area contributed by atoms with Gasteiger partial charge in [-0.05, 0) is 24.3 Å². The van der Waals surface area contributed by atoms with Gasteiger partial charge in [0.2, 0.25) is 0 Å². The van der Waals surface area contributed by atoms with Crippen LogP contribution in [0, 0.1) is 0 Å². The van der Waals surface area contributed by atoms with Crippen molar-refractivity contribution in [1.29, 1.82) is 0 Å². The van der Waals surface area contributed by atoms with Gasteiger partial charge < -0.3 is 11.1 Å². The van der Waals surface area contributed by atoms with Gasteiger partial charge in [0.1, 0.15) is 0 Å². The van der Waals surface area contributed by atoms with Crippen molar-refractivity contribution in [3.63, 3.8) is 0 Å². The van der Waals surface area contributed by atoms with Crippen LogP contribution in [0.4, 0.5) is 5.69 Å². The molecule has 0 saturated heterocycles. The molecule has 158 valence electrons. The minimum Gasteiger partial charge on any atom is -0.351 e. The van der Waals surface area contributed by atoms with Gasteiger partial charge in [0, 0.05) is 42.8 Å². The second-order valence-electron chi connectivity index (χ2n) is 5.99. The quantitative estimate of drug-likeness (QED) is 0.458. The number of rotatable bonds is 7. The number of nitrogens with zero attached hydrogens (tertiary/aromatic N) is 2. The molecule has 11 heteroatoms. The van der Waals surface area contributed by atoms with E-state index in [2.05, 4.69) is 20.0 Å². The summed E-state index contributed by atoms with van der Waals surface area (Å²) in [6, 6.07) is 11.1. The van der Waals surface area contributed by atoms with Gasteiger partial charge in [-0.25, -0.2) is 13.4 Å². The predicted octanol–water partition coefficient (Wildman–Crippen LogP) is 2.71. The highest BCUT2D eigenvalue weighted by Gasteiger charge is 2.17. The molecule has 0 saturated carbocycles. The van der Waals surface area contributed by atoms with E-state index < -0.39 is 10.0 Å². The first kappa shape index (κ1) is 23.6. The topological polar surface area (TPSA) is 127 Å². The van der Waals surface area contributed by atoms with Crippen LogP contribution in [0.5, 0.6) is 0 Å². The fourth-order valence-corrected chi connectivity index (χ4v) is 3.78. The van der Waals surface area contributed by atoms with Crippen LogP contribution in [0.3, 0.4) is 0 Å². The molecular formula is C19H19Cl2N5O3S. The molecule has 2 heterocycles. The Kier molecular flexibility index (Phi) is 8.13. The molecule has 0 radical (unpaired) electrons. The summed E-state index contributed by atoms with van der Waals surface area (Å²) in [6.07, 6.45) is 4.44. The number of hydrogen-bond acceptors (Lipinski definition) is 6. The predicted molar refractivity (Wildman–Crippen MR) is 118 cm³/mol. The summed E-state index contributed by atoms with van der Waals surface area (Å²) in [4.78, 5) is 20.3. The van der Waals surface area contributed by atoms with E-state index in [0.717, 1.165) is 0 Å². The number of halogens is 2. The van der Waals surface area contributed by atoms with Gasteiger partial charge in [-0.2, -0.15) is 0 Å². The molecule has 0 fully saturated rings. The first-order valence-corrected chi connectivity index (χ1v) is 10.4. The van der Waals surface area contributed by atoms with E-state index in [1.165, 1.54) is 30.6 Å². The van der Waals surface area contributed by atoms with E-state index in [4.69, 9.17) is 17.3 Å². The van der Waals surface area contributed by atoms with Crippen LogP contribution in [0.1, 0.15) is 10.4 Å². The standard InChI is InChI=1S/C19H18ClN5O3S.ClH/c20-18-17(25-29(27,28)16-4-2-1-3-5-16)9-14(12-24-18)13-8-15(11-22-10-13)19(26)23-7-6-21;/h1-5,8-12,25H,6-7,21H2,(H,23,26);1H. The molecule has 4 N–H and O–H groups in total. The lowest BCUT2D eigenvalue weighted by Gasteiger charge is -2.11. The van der Waals surface area contributed by atoms with Crippen LogP contribution in [0.2, 0.25) is 5.15 Å². The third kappa shape index (κ3) is 5.67. The van der Waals surface area contributed by atoms with Gasteiger partial charge in [0.15, 0.2) is 5.15 Å². The fraction of sp³-hybridized carbons (Fsp3) is 0.105. The summed E-state index contributed by atoms with van der Waals surface area (Å²) in [7, 11) is -3.83. The molecule has 3 rings (SSSR count). The first-order valence-electron chi connectivity index (χ1n) is 8.58. The second-order valence-corrected chi connectivity index (χ2v) is 8.03. The van der Waals surface area contributed by atoms with Crippen LogP contribution in [0.25, 0.3) is 11.1 Å². The third-order valence-corrected chi connectivity index (χ3v) is 5.58. The lowest BCUT2D eigenvalue weighted by atomic mass is 10.1. The molecule has 30 heavy (non-hydrogen) atoms. The minimum absolute atomic E-state index is 0. The highest BCUT2D eigenvalue weighted by atomic mass is 35.5. The number of hydrogen-bond donors (Lipinski definition) is 3. The number of aromatic nitrogens is 2. The number of nitrogens with two attached hydrogens (primary N) is 1. The van der Waals surface area contributed by atoms with Crippen LogP contribution in [-0.4, -0.2) is 37.4 Å². The SMILES string of the molecule is Cl.NCCNC(=O)c1cncc(-c2cnc(Cl)c(NS(=O)(=O)c3ccccc3)c2)c1. The van der Waals surface area contributed by atoms with Crippen molar-refractivity contribution >= 4 is 45.6 Å². The third-order valence-electron chi connectivity index (χ3n) is 3.90. The van der Waals surface area contributed by atoms with Crippen molar-refractivity contribution in [2.24, 2.45) is 5.73 Å². The van der Waals surface area contributed by atoms with Crippen molar-refractivity contribution in [1.82, 2.24) is 15.3 Å². The summed E-state index contributed by atoms with van der Waals surface area (Å²) in [6.45, 7) is 0.669. The number of nitrogens with one attached hydrogen (secondary N) is 2. The first-order chi connectivity index (χ1) is 13.9. The molecule has 0 spiro atoms. The Hall–Kier alpha value is -2.72. The van der Waals surface area contributed by atoms with Crippen molar-refractivity contribution in [3.05, 3.63) is 71.8 Å². The smallest absolute Gasteiger partial charge is 0.261 e. The molecule has 0 unspecified atom stereocenters. The van der Waals surface area contributed by atoms with E-state index in [1.54, 1.807) is 30.5 Å². The highest BCUT2D eigenvalue weighted by molar-refractivity contribution is 7.92. The summed E-state index contributed by atoms with van der Waals surface area (Å²) in [5.41, 5.74) is 6.97. The van der Waals surface area contributed by atoms with Crippen LogP contribution in [-0.2, 0) is 10.0 Å². The maximum absolute atomic E-state index is 12.6. The Labute approximate surface area is 185 Å². The molecular weight excluding hydrogens is 449 g/mol. The molecule has 0 aliphatic carbocycles. The molecule has 0 aliphatic heterocycles. The molecule has 8 nitrogen and oxygen atoms in total. The summed E-state index contributed by atoms with van der Waals surface area (Å²) in [5, 5.41) is 2.66. The van der Waals surface area contributed by atoms with Crippen molar-refractivity contribution < 1.29 is 13.2 Å². The molecule has 0 aliphatic rings. The van der Waals surface area contributed by atoms with Gasteiger partial charge in [0.25, 0.3) is 15.9 Å². The minimum atomic E-state index is -3.83. The average Bonchev–Trinajstić information content (AvgIpc) is 2.74. The van der Waals surface area contributed by atoms with E-state index in [0.29, 0.717) is 29.8 Å². The number of amides is 1. The zero-order chi connectivity index (χ0) is 20.9. The molecule has 1 amide bonds. The number of benzene rings is 1. The van der Waals surface area contributed by atoms with Crippen LogP contribution < -0.4 is 15.8 Å². The fourth-order valence-electron chi connectivity index (χ4n) is 2.49. The Morgan fingerprint density at radius 1 is 1.07 bits per heavy atom. The van der Waals surface area contributed by atoms with Gasteiger partial charge in [0.05, 0.1) is 16.1 Å². The van der Waals surface area contributed by atoms with Gasteiger partial charge in [-0.3, -0.25) is 14.5 Å². The lowest BCUT2D eigenvalue weighted by Crippen LogP contribution is -2.29. The van der Waals surface area contributed by atoms with Gasteiger partial charge in [-0.15, -0.1) is 12.4 Å². The summed E-state index contributed by atoms with van der Waals surface area (Å²) >= 11 is 6.09. The molecule has 0 bridgehead atoms. The van der Waals surface area contributed by atoms with E-state index in [-0.39, 0.29) is 34.1 Å². The van der Waals surface area contributed by atoms with Gasteiger partial charge in [-0.1, -0.05) is 29.8 Å². The number of sulfonamides is 1. The Bertz CT molecular complexity index is 1130. The highest BCUT2D eigenvalue weighted by Crippen LogP contribution is 2.28. The van der Waals surface area contributed by atoms with Crippen molar-refractivity contribution in [2.45, 2.75) is 4.90 Å². The number of carbonyl (C=O) groups is 1. The average molecular weight is 468 g/mol. The number of pyridine rings is 2. The van der Waals surface area contributed by atoms with Crippen LogP contribution in [0.15, 0.2) is 66.0 Å². The van der Waals surface area contributed by atoms with Crippen molar-refractivity contribution in [2.75, 3.05) is 17.8 Å². The molecule has 1 aromatic carbocycles. The Morgan fingerprint density at radius 3 is 2.47 bits per heavy atom. The Balaban J connectivity index is 0.00000320. The largest absolute Gasteiger partial charge is 0.351 e. The lowest BCUT2D eigenvalue weighted by molar-refractivity contribution is 0.0954. The van der Waals surface area contributed by atoms with E-state index >= 15 is 0 Å². The second kappa shape index (κ2) is 10.4. The Morgan fingerprint density at radius 2 is 1.77 bits per heavy atom. The maximum atomic E-state index is 12.6. The van der Waals surface area contributed by atoms with Crippen LogP contribution >= 0.6 is 24.0 Å². The number of carbonyl (C=O) groups excluding carboxylic acids is 1. The summed E-state index contributed by atoms with van der Waals surface area (Å²) < 4.78 is 27.6. The zero-order valence-electron chi connectivity index (χ0n) is 15.6. The van der Waals surface area contributed by atoms with E-state index in [1.807, 2.05) is 0 Å². The maximum Gasteiger partial charge on any atom is 0.261 e. The number of anilines is 1. The molecule has 0 atom stereocenters. The monoisotopic (exact) mass is 467 g/mol.